The first-order valence-electron chi connectivity index (χ1n) is 8.99. The zero-order chi connectivity index (χ0) is 15.5. The van der Waals surface area contributed by atoms with Gasteiger partial charge in [-0.1, -0.05) is 36.8 Å². The van der Waals surface area contributed by atoms with E-state index >= 15 is 0 Å². The summed E-state index contributed by atoms with van der Waals surface area (Å²) in [6.45, 7) is 1.28. The number of fused-ring (bicyclic) bond motifs is 1. The molecular formula is C21H25NO. The highest BCUT2D eigenvalue weighted by Crippen LogP contribution is 2.38. The average molecular weight is 307 g/mol. The van der Waals surface area contributed by atoms with E-state index in [-0.39, 0.29) is 0 Å². The number of para-hydroxylation sites is 1. The van der Waals surface area contributed by atoms with Crippen molar-refractivity contribution in [2.75, 3.05) is 6.54 Å². The summed E-state index contributed by atoms with van der Waals surface area (Å²) in [5, 5.41) is 0. The molecule has 2 aliphatic rings. The van der Waals surface area contributed by atoms with E-state index in [1.807, 2.05) is 30.3 Å². The molecule has 0 N–H and O–H groups in total. The van der Waals surface area contributed by atoms with Crippen LogP contribution in [0.15, 0.2) is 54.6 Å². The molecule has 0 radical (unpaired) electrons. The highest BCUT2D eigenvalue weighted by Gasteiger charge is 2.32. The van der Waals surface area contributed by atoms with Gasteiger partial charge < -0.3 is 4.74 Å². The smallest absolute Gasteiger partial charge is 0.127 e. The van der Waals surface area contributed by atoms with Crippen molar-refractivity contribution in [2.24, 2.45) is 0 Å². The van der Waals surface area contributed by atoms with Crippen molar-refractivity contribution in [1.29, 1.82) is 0 Å². The summed E-state index contributed by atoms with van der Waals surface area (Å²) in [5.74, 6) is 1.82. The maximum absolute atomic E-state index is 5.91. The first kappa shape index (κ1) is 14.8. The largest absolute Gasteiger partial charge is 0.457 e. The topological polar surface area (TPSA) is 12.5 Å². The lowest BCUT2D eigenvalue weighted by atomic mass is 9.86. The molecule has 2 saturated heterocycles. The van der Waals surface area contributed by atoms with Crippen molar-refractivity contribution in [2.45, 2.75) is 50.6 Å². The fourth-order valence-electron chi connectivity index (χ4n) is 4.20. The van der Waals surface area contributed by atoms with Crippen LogP contribution in [0.2, 0.25) is 0 Å². The van der Waals surface area contributed by atoms with Gasteiger partial charge in [-0.25, -0.2) is 0 Å². The van der Waals surface area contributed by atoms with Crippen LogP contribution in [0.3, 0.4) is 0 Å². The number of hydrogen-bond donors (Lipinski definition) is 0. The highest BCUT2D eigenvalue weighted by molar-refractivity contribution is 5.34. The van der Waals surface area contributed by atoms with Gasteiger partial charge >= 0.3 is 0 Å². The summed E-state index contributed by atoms with van der Waals surface area (Å²) < 4.78 is 5.91. The Balaban J connectivity index is 1.49. The van der Waals surface area contributed by atoms with E-state index in [0.717, 1.165) is 17.5 Å². The highest BCUT2D eigenvalue weighted by atomic mass is 16.5. The zero-order valence-corrected chi connectivity index (χ0v) is 13.7. The molecule has 0 bridgehead atoms. The van der Waals surface area contributed by atoms with Gasteiger partial charge in [-0.15, -0.1) is 0 Å². The normalized spacial score (nSPS) is 24.9. The summed E-state index contributed by atoms with van der Waals surface area (Å²) in [5.41, 5.74) is 1.46. The number of benzene rings is 2. The molecule has 2 atom stereocenters. The Morgan fingerprint density at radius 3 is 2.30 bits per heavy atom. The van der Waals surface area contributed by atoms with E-state index in [2.05, 4.69) is 29.2 Å². The van der Waals surface area contributed by atoms with Crippen LogP contribution in [0.5, 0.6) is 11.5 Å². The average Bonchev–Trinajstić information content (AvgIpc) is 2.63. The number of ether oxygens (including phenoxy) is 1. The van der Waals surface area contributed by atoms with Crippen LogP contribution >= 0.6 is 0 Å². The monoisotopic (exact) mass is 307 g/mol. The number of nitrogens with zero attached hydrogens (tertiary/aromatic N) is 1. The summed E-state index contributed by atoms with van der Waals surface area (Å²) in [4.78, 5) is 2.76. The molecule has 2 aliphatic heterocycles. The number of piperidine rings is 2. The molecular weight excluding hydrogens is 282 g/mol. The molecule has 0 unspecified atom stereocenters. The molecule has 2 fully saturated rings. The molecule has 4 rings (SSSR count). The minimum Gasteiger partial charge on any atom is -0.457 e. The molecule has 2 heteroatoms. The Labute approximate surface area is 139 Å². The van der Waals surface area contributed by atoms with Crippen molar-refractivity contribution in [3.63, 3.8) is 0 Å². The lowest BCUT2D eigenvalue weighted by Crippen LogP contribution is -2.44. The molecule has 23 heavy (non-hydrogen) atoms. The molecule has 2 nitrogen and oxygen atoms in total. The van der Waals surface area contributed by atoms with Gasteiger partial charge in [0.25, 0.3) is 0 Å². The van der Waals surface area contributed by atoms with Crippen molar-refractivity contribution >= 4 is 0 Å². The third-order valence-corrected chi connectivity index (χ3v) is 5.33. The Hall–Kier alpha value is -1.80. The van der Waals surface area contributed by atoms with Crippen LogP contribution in [0.1, 0.15) is 50.1 Å². The Bertz CT molecular complexity index is 620. The second-order valence-electron chi connectivity index (χ2n) is 6.82. The van der Waals surface area contributed by atoms with Gasteiger partial charge in [0.2, 0.25) is 0 Å². The van der Waals surface area contributed by atoms with Crippen LogP contribution in [0.4, 0.5) is 0 Å². The lowest BCUT2D eigenvalue weighted by Gasteiger charge is -2.45. The number of rotatable bonds is 3. The van der Waals surface area contributed by atoms with Crippen LogP contribution in [0.25, 0.3) is 0 Å². The zero-order valence-electron chi connectivity index (χ0n) is 13.7. The molecule has 0 aliphatic carbocycles. The van der Waals surface area contributed by atoms with Gasteiger partial charge in [-0.3, -0.25) is 4.90 Å². The van der Waals surface area contributed by atoms with E-state index in [4.69, 9.17) is 4.74 Å². The Morgan fingerprint density at radius 1 is 0.739 bits per heavy atom. The summed E-state index contributed by atoms with van der Waals surface area (Å²) in [7, 11) is 0. The van der Waals surface area contributed by atoms with Crippen LogP contribution < -0.4 is 4.74 Å². The standard InChI is InChI=1S/C21H25NO/c1-2-9-19(10-3-1)23-20-14-12-17(13-15-20)21-11-6-8-18-7-4-5-16-22(18)21/h1-3,9-10,12-15,18,21H,4-8,11,16H2/t18-,21-/m0/s1. The Kier molecular flexibility index (Phi) is 4.34. The molecule has 0 aromatic heterocycles. The first-order valence-corrected chi connectivity index (χ1v) is 8.99. The first-order chi connectivity index (χ1) is 11.4. The SMILES string of the molecule is c1ccc(Oc2ccc([C@@H]3CCC[C@@H]4CCCCN43)cc2)cc1. The van der Waals surface area contributed by atoms with Gasteiger partial charge in [0.15, 0.2) is 0 Å². The van der Waals surface area contributed by atoms with Crippen molar-refractivity contribution in [3.8, 4) is 11.5 Å². The minimum atomic E-state index is 0.611. The molecule has 2 heterocycles. The van der Waals surface area contributed by atoms with Crippen LogP contribution in [0, 0.1) is 0 Å². The quantitative estimate of drug-likeness (QED) is 0.736. The summed E-state index contributed by atoms with van der Waals surface area (Å²) in [6.07, 6.45) is 8.24. The fourth-order valence-corrected chi connectivity index (χ4v) is 4.20. The molecule has 0 amide bonds. The third-order valence-electron chi connectivity index (χ3n) is 5.33. The molecule has 120 valence electrons. The summed E-state index contributed by atoms with van der Waals surface area (Å²) in [6, 6.07) is 20.2. The van der Waals surface area contributed by atoms with Gasteiger partial charge in [-0.2, -0.15) is 0 Å². The predicted molar refractivity (Wildman–Crippen MR) is 93.9 cm³/mol. The second-order valence-corrected chi connectivity index (χ2v) is 6.82. The molecule has 0 spiro atoms. The van der Waals surface area contributed by atoms with E-state index in [1.165, 1.54) is 50.6 Å². The maximum atomic E-state index is 5.91. The van der Waals surface area contributed by atoms with E-state index in [0.29, 0.717) is 6.04 Å². The second kappa shape index (κ2) is 6.76. The third kappa shape index (κ3) is 3.28. The van der Waals surface area contributed by atoms with Crippen molar-refractivity contribution in [3.05, 3.63) is 60.2 Å². The lowest BCUT2D eigenvalue weighted by molar-refractivity contribution is 0.0518. The minimum absolute atomic E-state index is 0.611. The summed E-state index contributed by atoms with van der Waals surface area (Å²) >= 11 is 0. The van der Waals surface area contributed by atoms with Gasteiger partial charge in [0, 0.05) is 12.1 Å². The van der Waals surface area contributed by atoms with Crippen LogP contribution in [-0.2, 0) is 0 Å². The predicted octanol–water partition coefficient (Wildman–Crippen LogP) is 5.56. The van der Waals surface area contributed by atoms with E-state index in [9.17, 15) is 0 Å². The maximum Gasteiger partial charge on any atom is 0.127 e. The Morgan fingerprint density at radius 2 is 1.48 bits per heavy atom. The fraction of sp³-hybridized carbons (Fsp3) is 0.429. The van der Waals surface area contributed by atoms with E-state index in [1.54, 1.807) is 0 Å². The van der Waals surface area contributed by atoms with Crippen molar-refractivity contribution < 1.29 is 4.74 Å². The van der Waals surface area contributed by atoms with Gasteiger partial charge in [0.1, 0.15) is 11.5 Å². The van der Waals surface area contributed by atoms with E-state index < -0.39 is 0 Å². The number of hydrogen-bond acceptors (Lipinski definition) is 2. The van der Waals surface area contributed by atoms with Crippen molar-refractivity contribution in [1.82, 2.24) is 4.90 Å². The molecule has 2 aromatic rings. The molecule has 0 saturated carbocycles. The van der Waals surface area contributed by atoms with Gasteiger partial charge in [-0.05, 0) is 68.5 Å². The molecule has 2 aromatic carbocycles. The van der Waals surface area contributed by atoms with Gasteiger partial charge in [0.05, 0.1) is 0 Å². The van der Waals surface area contributed by atoms with Crippen LogP contribution in [-0.4, -0.2) is 17.5 Å².